The number of benzene rings is 1. The van der Waals surface area contributed by atoms with Crippen molar-refractivity contribution in [3.8, 4) is 0 Å². The molecule has 1 aromatic heterocycles. The average molecular weight is 271 g/mol. The SMILES string of the molecule is CCc1cc(CC)n(C(c2ccc(C)cc2)C(C)N)n1. The zero-order valence-electron chi connectivity index (χ0n) is 12.9. The summed E-state index contributed by atoms with van der Waals surface area (Å²) in [6.45, 7) is 8.46. The molecule has 0 saturated heterocycles. The Morgan fingerprint density at radius 1 is 1.15 bits per heavy atom. The maximum Gasteiger partial charge on any atom is 0.0919 e. The van der Waals surface area contributed by atoms with Gasteiger partial charge in [-0.1, -0.05) is 43.7 Å². The molecule has 0 fully saturated rings. The van der Waals surface area contributed by atoms with Gasteiger partial charge in [-0.15, -0.1) is 0 Å². The Morgan fingerprint density at radius 3 is 2.30 bits per heavy atom. The van der Waals surface area contributed by atoms with Crippen LogP contribution in [0, 0.1) is 6.92 Å². The van der Waals surface area contributed by atoms with Gasteiger partial charge in [-0.2, -0.15) is 5.10 Å². The summed E-state index contributed by atoms with van der Waals surface area (Å²) >= 11 is 0. The van der Waals surface area contributed by atoms with Gasteiger partial charge in [-0.25, -0.2) is 0 Å². The Bertz CT molecular complexity index is 552. The van der Waals surface area contributed by atoms with Crippen LogP contribution in [-0.4, -0.2) is 15.8 Å². The minimum Gasteiger partial charge on any atom is -0.326 e. The number of nitrogens with two attached hydrogens (primary N) is 1. The van der Waals surface area contributed by atoms with Gasteiger partial charge in [0.15, 0.2) is 0 Å². The molecular formula is C17H25N3. The molecule has 2 N–H and O–H groups in total. The molecule has 0 amide bonds. The van der Waals surface area contributed by atoms with Crippen molar-refractivity contribution in [2.45, 2.75) is 52.6 Å². The van der Waals surface area contributed by atoms with Gasteiger partial charge in [0.2, 0.25) is 0 Å². The summed E-state index contributed by atoms with van der Waals surface area (Å²) in [6, 6.07) is 10.9. The molecule has 2 atom stereocenters. The highest BCUT2D eigenvalue weighted by molar-refractivity contribution is 5.27. The Morgan fingerprint density at radius 2 is 1.80 bits per heavy atom. The van der Waals surface area contributed by atoms with E-state index >= 15 is 0 Å². The summed E-state index contributed by atoms with van der Waals surface area (Å²) in [7, 11) is 0. The number of aryl methyl sites for hydroxylation is 3. The summed E-state index contributed by atoms with van der Waals surface area (Å²) in [5.41, 5.74) is 11.1. The molecule has 2 rings (SSSR count). The van der Waals surface area contributed by atoms with Crippen molar-refractivity contribution < 1.29 is 0 Å². The molecule has 0 aliphatic rings. The molecule has 0 spiro atoms. The molecular weight excluding hydrogens is 246 g/mol. The fraction of sp³-hybridized carbons (Fsp3) is 0.471. The Hall–Kier alpha value is -1.61. The molecule has 2 unspecified atom stereocenters. The van der Waals surface area contributed by atoms with Gasteiger partial charge in [0.25, 0.3) is 0 Å². The second-order valence-corrected chi connectivity index (χ2v) is 5.49. The molecule has 0 aliphatic carbocycles. The molecule has 108 valence electrons. The van der Waals surface area contributed by atoms with Crippen LogP contribution in [0.5, 0.6) is 0 Å². The minimum absolute atomic E-state index is 0.0209. The van der Waals surface area contributed by atoms with Gasteiger partial charge < -0.3 is 5.73 Å². The standard InChI is InChI=1S/C17H25N3/c1-5-15-11-16(6-2)20(19-15)17(13(4)18)14-9-7-12(3)8-10-14/h7-11,13,17H,5-6,18H2,1-4H3. The third kappa shape index (κ3) is 2.93. The van der Waals surface area contributed by atoms with Crippen LogP contribution >= 0.6 is 0 Å². The fourth-order valence-electron chi connectivity index (χ4n) is 2.60. The smallest absolute Gasteiger partial charge is 0.0919 e. The minimum atomic E-state index is 0.0209. The monoisotopic (exact) mass is 271 g/mol. The third-order valence-corrected chi connectivity index (χ3v) is 3.77. The fourth-order valence-corrected chi connectivity index (χ4v) is 2.60. The molecule has 20 heavy (non-hydrogen) atoms. The van der Waals surface area contributed by atoms with E-state index < -0.39 is 0 Å². The highest BCUT2D eigenvalue weighted by atomic mass is 15.3. The van der Waals surface area contributed by atoms with Crippen molar-refractivity contribution in [3.05, 3.63) is 52.8 Å². The molecule has 1 aromatic carbocycles. The van der Waals surface area contributed by atoms with Crippen molar-refractivity contribution in [1.29, 1.82) is 0 Å². The lowest BCUT2D eigenvalue weighted by Crippen LogP contribution is -2.32. The first kappa shape index (κ1) is 14.8. The van der Waals surface area contributed by atoms with E-state index in [-0.39, 0.29) is 12.1 Å². The van der Waals surface area contributed by atoms with Gasteiger partial charge in [0.1, 0.15) is 0 Å². The lowest BCUT2D eigenvalue weighted by Gasteiger charge is -2.24. The van der Waals surface area contributed by atoms with E-state index in [0.717, 1.165) is 18.5 Å². The van der Waals surface area contributed by atoms with Crippen molar-refractivity contribution in [3.63, 3.8) is 0 Å². The number of aromatic nitrogens is 2. The number of hydrogen-bond acceptors (Lipinski definition) is 2. The predicted octanol–water partition coefficient (Wildman–Crippen LogP) is 3.25. The zero-order valence-corrected chi connectivity index (χ0v) is 12.9. The third-order valence-electron chi connectivity index (χ3n) is 3.77. The van der Waals surface area contributed by atoms with E-state index in [1.54, 1.807) is 0 Å². The first-order chi connectivity index (χ1) is 9.56. The highest BCUT2D eigenvalue weighted by Crippen LogP contribution is 2.24. The van der Waals surface area contributed by atoms with E-state index in [9.17, 15) is 0 Å². The highest BCUT2D eigenvalue weighted by Gasteiger charge is 2.21. The summed E-state index contributed by atoms with van der Waals surface area (Å²) < 4.78 is 2.12. The molecule has 0 aliphatic heterocycles. The summed E-state index contributed by atoms with van der Waals surface area (Å²) in [6.07, 6.45) is 1.93. The summed E-state index contributed by atoms with van der Waals surface area (Å²) in [5.74, 6) is 0. The lowest BCUT2D eigenvalue weighted by atomic mass is 9.99. The second kappa shape index (κ2) is 6.23. The molecule has 3 nitrogen and oxygen atoms in total. The molecule has 0 radical (unpaired) electrons. The van der Waals surface area contributed by atoms with E-state index in [1.807, 2.05) is 0 Å². The predicted molar refractivity (Wildman–Crippen MR) is 84.0 cm³/mol. The first-order valence-electron chi connectivity index (χ1n) is 7.46. The second-order valence-electron chi connectivity index (χ2n) is 5.49. The Labute approximate surface area is 121 Å². The van der Waals surface area contributed by atoms with Crippen LogP contribution in [0.1, 0.15) is 49.3 Å². The van der Waals surface area contributed by atoms with Crippen LogP contribution in [0.25, 0.3) is 0 Å². The van der Waals surface area contributed by atoms with Crippen molar-refractivity contribution in [1.82, 2.24) is 9.78 Å². The van der Waals surface area contributed by atoms with Gasteiger partial charge in [0, 0.05) is 11.7 Å². The summed E-state index contributed by atoms with van der Waals surface area (Å²) in [4.78, 5) is 0. The molecule has 0 saturated carbocycles. The average Bonchev–Trinajstić information content (AvgIpc) is 2.84. The van der Waals surface area contributed by atoms with Crippen molar-refractivity contribution in [2.75, 3.05) is 0 Å². The zero-order chi connectivity index (χ0) is 14.7. The van der Waals surface area contributed by atoms with Crippen LogP contribution in [0.15, 0.2) is 30.3 Å². The topological polar surface area (TPSA) is 43.8 Å². The lowest BCUT2D eigenvalue weighted by molar-refractivity contribution is 0.438. The van der Waals surface area contributed by atoms with Crippen molar-refractivity contribution >= 4 is 0 Å². The van der Waals surface area contributed by atoms with E-state index in [0.29, 0.717) is 0 Å². The van der Waals surface area contributed by atoms with E-state index in [2.05, 4.69) is 62.7 Å². The number of nitrogens with zero attached hydrogens (tertiary/aromatic N) is 2. The van der Waals surface area contributed by atoms with Crippen LogP contribution in [0.2, 0.25) is 0 Å². The Kier molecular flexibility index (Phi) is 4.61. The normalized spacial score (nSPS) is 14.2. The maximum absolute atomic E-state index is 6.25. The van der Waals surface area contributed by atoms with Crippen LogP contribution < -0.4 is 5.73 Å². The van der Waals surface area contributed by atoms with Crippen LogP contribution in [0.4, 0.5) is 0 Å². The van der Waals surface area contributed by atoms with Crippen molar-refractivity contribution in [2.24, 2.45) is 5.73 Å². The van der Waals surface area contributed by atoms with Gasteiger partial charge in [-0.05, 0) is 38.3 Å². The largest absolute Gasteiger partial charge is 0.326 e. The molecule has 3 heteroatoms. The maximum atomic E-state index is 6.25. The van der Waals surface area contributed by atoms with Gasteiger partial charge in [0.05, 0.1) is 11.7 Å². The van der Waals surface area contributed by atoms with Gasteiger partial charge >= 0.3 is 0 Å². The summed E-state index contributed by atoms with van der Waals surface area (Å²) in [5, 5.41) is 4.76. The van der Waals surface area contributed by atoms with Gasteiger partial charge in [-0.3, -0.25) is 4.68 Å². The molecule has 0 bridgehead atoms. The number of rotatable bonds is 5. The quantitative estimate of drug-likeness (QED) is 0.907. The number of hydrogen-bond donors (Lipinski definition) is 1. The molecule has 2 aromatic rings. The van der Waals surface area contributed by atoms with E-state index in [1.165, 1.54) is 16.8 Å². The van der Waals surface area contributed by atoms with E-state index in [4.69, 9.17) is 10.8 Å². The molecule has 1 heterocycles. The Balaban J connectivity index is 2.48. The first-order valence-corrected chi connectivity index (χ1v) is 7.46. The van der Waals surface area contributed by atoms with Crippen LogP contribution in [-0.2, 0) is 12.8 Å². The van der Waals surface area contributed by atoms with Crippen LogP contribution in [0.3, 0.4) is 0 Å².